The van der Waals surface area contributed by atoms with E-state index >= 15 is 0 Å². The van der Waals surface area contributed by atoms with Crippen LogP contribution in [0.4, 0.5) is 0 Å². The van der Waals surface area contributed by atoms with Gasteiger partial charge in [0.2, 0.25) is 0 Å². The predicted octanol–water partition coefficient (Wildman–Crippen LogP) is 3.77. The molecule has 2 nitrogen and oxygen atoms in total. The van der Waals surface area contributed by atoms with Crippen LogP contribution in [0, 0.1) is 11.3 Å². The summed E-state index contributed by atoms with van der Waals surface area (Å²) in [4.78, 5) is 0. The fourth-order valence-electron chi connectivity index (χ4n) is 1.83. The molecule has 1 saturated heterocycles. The first-order valence-corrected chi connectivity index (χ1v) is 6.31. The summed E-state index contributed by atoms with van der Waals surface area (Å²) in [5, 5.41) is 0. The van der Waals surface area contributed by atoms with E-state index in [0.717, 1.165) is 26.1 Å². The van der Waals surface area contributed by atoms with Crippen LogP contribution in [0.1, 0.15) is 47.5 Å². The molecule has 1 aliphatic rings. The van der Waals surface area contributed by atoms with Gasteiger partial charge in [0, 0.05) is 11.3 Å². The fraction of sp³-hybridized carbons (Fsp3) is 0.857. The molecule has 1 atom stereocenters. The number of hydrogen-bond donors (Lipinski definition) is 0. The number of rotatable bonds is 4. The van der Waals surface area contributed by atoms with E-state index < -0.39 is 0 Å². The zero-order valence-electron chi connectivity index (χ0n) is 11.4. The molecule has 0 saturated carbocycles. The maximum Gasteiger partial charge on any atom is 0.160 e. The molecule has 0 bridgehead atoms. The summed E-state index contributed by atoms with van der Waals surface area (Å²) in [7, 11) is 0. The molecule has 0 aromatic rings. The molecule has 16 heavy (non-hydrogen) atoms. The second-order valence-electron chi connectivity index (χ2n) is 5.84. The summed E-state index contributed by atoms with van der Waals surface area (Å²) < 4.78 is 11.7. The maximum absolute atomic E-state index is 5.83. The summed E-state index contributed by atoms with van der Waals surface area (Å²) in [6.07, 6.45) is 4.44. The molecule has 0 amide bonds. The monoisotopic (exact) mass is 226 g/mol. The average molecular weight is 226 g/mol. The Labute approximate surface area is 100 Å². The van der Waals surface area contributed by atoms with Gasteiger partial charge in [-0.1, -0.05) is 32.4 Å². The second-order valence-corrected chi connectivity index (χ2v) is 5.84. The van der Waals surface area contributed by atoms with E-state index in [1.54, 1.807) is 0 Å². The molecule has 0 N–H and O–H groups in total. The molecule has 0 aromatic heterocycles. The van der Waals surface area contributed by atoms with Gasteiger partial charge in [-0.3, -0.25) is 0 Å². The van der Waals surface area contributed by atoms with Crippen LogP contribution >= 0.6 is 0 Å². The van der Waals surface area contributed by atoms with Gasteiger partial charge in [-0.05, 0) is 26.7 Å². The lowest BCUT2D eigenvalue weighted by molar-refractivity contribution is -0.243. The van der Waals surface area contributed by atoms with Crippen LogP contribution in [0.2, 0.25) is 0 Å². The highest BCUT2D eigenvalue weighted by atomic mass is 16.7. The third-order valence-corrected chi connectivity index (χ3v) is 3.01. The SMILES string of the molecule is CCC(CC=C(C)C)C1OCC(C)(C)CO1. The van der Waals surface area contributed by atoms with E-state index in [0.29, 0.717) is 5.92 Å². The zero-order chi connectivity index (χ0) is 12.2. The van der Waals surface area contributed by atoms with Gasteiger partial charge in [-0.25, -0.2) is 0 Å². The molecule has 94 valence electrons. The number of allylic oxidation sites excluding steroid dienone is 2. The molecule has 0 aromatic carbocycles. The molecule has 0 aliphatic carbocycles. The summed E-state index contributed by atoms with van der Waals surface area (Å²) in [5.74, 6) is 0.492. The van der Waals surface area contributed by atoms with Crippen molar-refractivity contribution in [1.82, 2.24) is 0 Å². The smallest absolute Gasteiger partial charge is 0.160 e. The van der Waals surface area contributed by atoms with Crippen LogP contribution in [0.15, 0.2) is 11.6 Å². The Morgan fingerprint density at radius 2 is 1.88 bits per heavy atom. The summed E-state index contributed by atoms with van der Waals surface area (Å²) in [6.45, 7) is 12.5. The molecule has 1 unspecified atom stereocenters. The molecule has 0 radical (unpaired) electrons. The third kappa shape index (κ3) is 4.26. The molecule has 1 rings (SSSR count). The standard InChI is InChI=1S/C14H26O2/c1-6-12(8-7-11(2)3)13-15-9-14(4,5)10-16-13/h7,12-13H,6,8-10H2,1-5H3. The molecule has 1 fully saturated rings. The lowest BCUT2D eigenvalue weighted by Gasteiger charge is -2.37. The summed E-state index contributed by atoms with van der Waals surface area (Å²) >= 11 is 0. The van der Waals surface area contributed by atoms with Crippen molar-refractivity contribution in [2.75, 3.05) is 13.2 Å². The minimum atomic E-state index is -0.00590. The number of hydrogen-bond acceptors (Lipinski definition) is 2. The van der Waals surface area contributed by atoms with Gasteiger partial charge in [0.15, 0.2) is 6.29 Å². The molecular weight excluding hydrogens is 200 g/mol. The van der Waals surface area contributed by atoms with Crippen LogP contribution in [0.3, 0.4) is 0 Å². The van der Waals surface area contributed by atoms with E-state index in [-0.39, 0.29) is 11.7 Å². The maximum atomic E-state index is 5.83. The molecule has 1 aliphatic heterocycles. The first kappa shape index (κ1) is 13.7. The topological polar surface area (TPSA) is 18.5 Å². The van der Waals surface area contributed by atoms with Crippen molar-refractivity contribution in [3.8, 4) is 0 Å². The Morgan fingerprint density at radius 1 is 1.31 bits per heavy atom. The van der Waals surface area contributed by atoms with Crippen molar-refractivity contribution >= 4 is 0 Å². The molecule has 1 heterocycles. The Bertz CT molecular complexity index is 229. The Hall–Kier alpha value is -0.340. The van der Waals surface area contributed by atoms with Crippen LogP contribution in [-0.4, -0.2) is 19.5 Å². The van der Waals surface area contributed by atoms with Crippen LogP contribution < -0.4 is 0 Å². The molecular formula is C14H26O2. The lowest BCUT2D eigenvalue weighted by atomic mass is 9.93. The molecule has 0 spiro atoms. The van der Waals surface area contributed by atoms with Gasteiger partial charge in [-0.2, -0.15) is 0 Å². The molecule has 2 heteroatoms. The van der Waals surface area contributed by atoms with Gasteiger partial charge in [-0.15, -0.1) is 0 Å². The first-order valence-electron chi connectivity index (χ1n) is 6.31. The Balaban J connectivity index is 2.46. The van der Waals surface area contributed by atoms with Gasteiger partial charge in [0.05, 0.1) is 13.2 Å². The summed E-state index contributed by atoms with van der Waals surface area (Å²) in [6, 6.07) is 0. The van der Waals surface area contributed by atoms with Crippen molar-refractivity contribution in [1.29, 1.82) is 0 Å². The quantitative estimate of drug-likeness (QED) is 0.679. The van der Waals surface area contributed by atoms with Crippen molar-refractivity contribution < 1.29 is 9.47 Å². The van der Waals surface area contributed by atoms with Crippen molar-refractivity contribution in [3.63, 3.8) is 0 Å². The minimum absolute atomic E-state index is 0.00590. The van der Waals surface area contributed by atoms with E-state index in [1.165, 1.54) is 5.57 Å². The first-order chi connectivity index (χ1) is 7.44. The highest BCUT2D eigenvalue weighted by molar-refractivity contribution is 4.94. The summed E-state index contributed by atoms with van der Waals surface area (Å²) in [5.41, 5.74) is 1.54. The highest BCUT2D eigenvalue weighted by Crippen LogP contribution is 2.29. The van der Waals surface area contributed by atoms with Crippen LogP contribution in [0.5, 0.6) is 0 Å². The Morgan fingerprint density at radius 3 is 2.31 bits per heavy atom. The van der Waals surface area contributed by atoms with Gasteiger partial charge < -0.3 is 9.47 Å². The van der Waals surface area contributed by atoms with Crippen LogP contribution in [-0.2, 0) is 9.47 Å². The van der Waals surface area contributed by atoms with Gasteiger partial charge in [0.25, 0.3) is 0 Å². The van der Waals surface area contributed by atoms with Gasteiger partial charge in [0.1, 0.15) is 0 Å². The van der Waals surface area contributed by atoms with Crippen LogP contribution in [0.25, 0.3) is 0 Å². The van der Waals surface area contributed by atoms with Gasteiger partial charge >= 0.3 is 0 Å². The van der Waals surface area contributed by atoms with E-state index in [1.807, 2.05) is 0 Å². The van der Waals surface area contributed by atoms with E-state index in [9.17, 15) is 0 Å². The van der Waals surface area contributed by atoms with Crippen molar-refractivity contribution in [2.24, 2.45) is 11.3 Å². The Kier molecular flexibility index (Phi) is 5.00. The van der Waals surface area contributed by atoms with Crippen molar-refractivity contribution in [2.45, 2.75) is 53.8 Å². The third-order valence-electron chi connectivity index (χ3n) is 3.01. The van der Waals surface area contributed by atoms with E-state index in [4.69, 9.17) is 9.47 Å². The number of ether oxygens (including phenoxy) is 2. The normalized spacial score (nSPS) is 22.8. The zero-order valence-corrected chi connectivity index (χ0v) is 11.4. The van der Waals surface area contributed by atoms with Crippen molar-refractivity contribution in [3.05, 3.63) is 11.6 Å². The van der Waals surface area contributed by atoms with E-state index in [2.05, 4.69) is 40.7 Å². The average Bonchev–Trinajstić information content (AvgIpc) is 2.20. The predicted molar refractivity (Wildman–Crippen MR) is 67.3 cm³/mol. The minimum Gasteiger partial charge on any atom is -0.352 e. The fourth-order valence-corrected chi connectivity index (χ4v) is 1.83. The second kappa shape index (κ2) is 5.83. The largest absolute Gasteiger partial charge is 0.352 e. The highest BCUT2D eigenvalue weighted by Gasteiger charge is 2.31. The lowest BCUT2D eigenvalue weighted by Crippen LogP contribution is -2.41.